The second-order valence-electron chi connectivity index (χ2n) is 4.23. The van der Waals surface area contributed by atoms with Gasteiger partial charge in [0.2, 0.25) is 5.91 Å². The lowest BCUT2D eigenvalue weighted by atomic mass is 10.2. The fourth-order valence-electron chi connectivity index (χ4n) is 1.59. The summed E-state index contributed by atoms with van der Waals surface area (Å²) in [4.78, 5) is 22.5. The molecule has 3 N–H and O–H groups in total. The Hall–Kier alpha value is -2.89. The van der Waals surface area contributed by atoms with Gasteiger partial charge in [0.25, 0.3) is 5.91 Å². The van der Waals surface area contributed by atoms with Gasteiger partial charge in [-0.1, -0.05) is 0 Å². The summed E-state index contributed by atoms with van der Waals surface area (Å²) in [6.07, 6.45) is 0. The number of benzene rings is 2. The smallest absolute Gasteiger partial charge is 0.262 e. The third-order valence-corrected chi connectivity index (χ3v) is 2.64. The molecule has 108 valence electrons. The number of rotatable bonds is 5. The second-order valence-corrected chi connectivity index (χ2v) is 4.23. The predicted molar refractivity (Wildman–Crippen MR) is 75.5 cm³/mol. The molecule has 2 rings (SSSR count). The zero-order chi connectivity index (χ0) is 15.2. The Morgan fingerprint density at radius 3 is 2.24 bits per heavy atom. The van der Waals surface area contributed by atoms with Crippen LogP contribution in [0.5, 0.6) is 5.75 Å². The number of hydrogen-bond acceptors (Lipinski definition) is 3. The Morgan fingerprint density at radius 2 is 1.67 bits per heavy atom. The van der Waals surface area contributed by atoms with E-state index in [1.807, 2.05) is 0 Å². The number of amides is 2. The highest BCUT2D eigenvalue weighted by Crippen LogP contribution is 2.12. The van der Waals surface area contributed by atoms with Crippen LogP contribution < -0.4 is 15.8 Å². The van der Waals surface area contributed by atoms with E-state index in [9.17, 15) is 14.0 Å². The Morgan fingerprint density at radius 1 is 1.05 bits per heavy atom. The van der Waals surface area contributed by atoms with Crippen molar-refractivity contribution in [3.63, 3.8) is 0 Å². The molecular formula is C15H13FN2O3. The lowest BCUT2D eigenvalue weighted by Gasteiger charge is -2.07. The normalized spacial score (nSPS) is 9.95. The van der Waals surface area contributed by atoms with Crippen molar-refractivity contribution in [1.29, 1.82) is 0 Å². The van der Waals surface area contributed by atoms with Crippen molar-refractivity contribution < 1.29 is 18.7 Å². The van der Waals surface area contributed by atoms with Crippen LogP contribution in [0.1, 0.15) is 10.4 Å². The van der Waals surface area contributed by atoms with Crippen molar-refractivity contribution in [1.82, 2.24) is 0 Å². The average molecular weight is 288 g/mol. The molecular weight excluding hydrogens is 275 g/mol. The van der Waals surface area contributed by atoms with Crippen molar-refractivity contribution in [2.75, 3.05) is 11.9 Å². The third-order valence-electron chi connectivity index (χ3n) is 2.64. The van der Waals surface area contributed by atoms with E-state index in [1.165, 1.54) is 36.4 Å². The molecule has 0 radical (unpaired) electrons. The first-order chi connectivity index (χ1) is 10.0. The van der Waals surface area contributed by atoms with E-state index in [0.29, 0.717) is 17.0 Å². The number of halogens is 1. The van der Waals surface area contributed by atoms with Gasteiger partial charge in [0.05, 0.1) is 0 Å². The van der Waals surface area contributed by atoms with Crippen LogP contribution >= 0.6 is 0 Å². The highest BCUT2D eigenvalue weighted by molar-refractivity contribution is 5.93. The molecule has 6 heteroatoms. The molecule has 0 spiro atoms. The fraction of sp³-hybridized carbons (Fsp3) is 0.0667. The molecule has 21 heavy (non-hydrogen) atoms. The largest absolute Gasteiger partial charge is 0.484 e. The zero-order valence-electron chi connectivity index (χ0n) is 11.0. The molecule has 5 nitrogen and oxygen atoms in total. The first-order valence-corrected chi connectivity index (χ1v) is 6.12. The first-order valence-electron chi connectivity index (χ1n) is 6.12. The van der Waals surface area contributed by atoms with Gasteiger partial charge in [0, 0.05) is 11.3 Å². The van der Waals surface area contributed by atoms with Crippen LogP contribution in [0, 0.1) is 5.82 Å². The van der Waals surface area contributed by atoms with Gasteiger partial charge in [-0.25, -0.2) is 4.39 Å². The van der Waals surface area contributed by atoms with Gasteiger partial charge >= 0.3 is 0 Å². The van der Waals surface area contributed by atoms with Crippen LogP contribution in [-0.2, 0) is 4.79 Å². The summed E-state index contributed by atoms with van der Waals surface area (Å²) >= 11 is 0. The molecule has 0 saturated heterocycles. The lowest BCUT2D eigenvalue weighted by molar-refractivity contribution is -0.118. The van der Waals surface area contributed by atoms with E-state index in [0.717, 1.165) is 0 Å². The molecule has 0 aromatic heterocycles. The minimum absolute atomic E-state index is 0.201. The van der Waals surface area contributed by atoms with Crippen molar-refractivity contribution in [2.24, 2.45) is 5.73 Å². The summed E-state index contributed by atoms with van der Waals surface area (Å²) in [5, 5.41) is 2.56. The standard InChI is InChI=1S/C15H13FN2O3/c16-11-3-5-12(6-4-11)18-14(19)9-21-13-7-1-10(2-8-13)15(17)20/h1-8H,9H2,(H2,17,20)(H,18,19). The molecule has 0 bridgehead atoms. The van der Waals surface area contributed by atoms with Gasteiger partial charge in [-0.2, -0.15) is 0 Å². The number of carbonyl (C=O) groups excluding carboxylic acids is 2. The van der Waals surface area contributed by atoms with Crippen LogP contribution in [0.25, 0.3) is 0 Å². The van der Waals surface area contributed by atoms with E-state index in [-0.39, 0.29) is 18.3 Å². The SMILES string of the molecule is NC(=O)c1ccc(OCC(=O)Nc2ccc(F)cc2)cc1. The molecule has 0 heterocycles. The predicted octanol–water partition coefficient (Wildman–Crippen LogP) is 1.94. The highest BCUT2D eigenvalue weighted by atomic mass is 19.1. The van der Waals surface area contributed by atoms with Gasteiger partial charge < -0.3 is 15.8 Å². The number of primary amides is 1. The zero-order valence-corrected chi connectivity index (χ0v) is 11.0. The number of ether oxygens (including phenoxy) is 1. The molecule has 0 unspecified atom stereocenters. The van der Waals surface area contributed by atoms with Crippen LogP contribution in [0.3, 0.4) is 0 Å². The monoisotopic (exact) mass is 288 g/mol. The number of nitrogens with one attached hydrogen (secondary N) is 1. The molecule has 2 aromatic rings. The minimum atomic E-state index is -0.532. The van der Waals surface area contributed by atoms with E-state index < -0.39 is 5.91 Å². The van der Waals surface area contributed by atoms with E-state index >= 15 is 0 Å². The Balaban J connectivity index is 1.86. The van der Waals surface area contributed by atoms with E-state index in [1.54, 1.807) is 12.1 Å². The summed E-state index contributed by atoms with van der Waals surface area (Å²) < 4.78 is 18.0. The van der Waals surface area contributed by atoms with Gasteiger partial charge in [0.1, 0.15) is 11.6 Å². The van der Waals surface area contributed by atoms with Gasteiger partial charge in [-0.05, 0) is 48.5 Å². The number of carbonyl (C=O) groups is 2. The highest BCUT2D eigenvalue weighted by Gasteiger charge is 2.05. The van der Waals surface area contributed by atoms with Crippen LogP contribution in [-0.4, -0.2) is 18.4 Å². The van der Waals surface area contributed by atoms with Gasteiger partial charge in [-0.3, -0.25) is 9.59 Å². The summed E-state index contributed by atoms with van der Waals surface area (Å²) in [6, 6.07) is 11.5. The number of hydrogen-bond donors (Lipinski definition) is 2. The Bertz CT molecular complexity index is 639. The molecule has 0 fully saturated rings. The quantitative estimate of drug-likeness (QED) is 0.882. The van der Waals surface area contributed by atoms with Gasteiger partial charge in [-0.15, -0.1) is 0 Å². The molecule has 2 aromatic carbocycles. The first kappa shape index (κ1) is 14.5. The summed E-state index contributed by atoms with van der Waals surface area (Å²) in [5.41, 5.74) is 5.95. The summed E-state index contributed by atoms with van der Waals surface area (Å²) in [7, 11) is 0. The summed E-state index contributed by atoms with van der Waals surface area (Å²) in [5.74, 6) is -0.843. The minimum Gasteiger partial charge on any atom is -0.484 e. The molecule has 0 saturated carbocycles. The van der Waals surface area contributed by atoms with Crippen LogP contribution in [0.4, 0.5) is 10.1 Å². The van der Waals surface area contributed by atoms with Crippen molar-refractivity contribution in [2.45, 2.75) is 0 Å². The average Bonchev–Trinajstić information content (AvgIpc) is 2.48. The lowest BCUT2D eigenvalue weighted by Crippen LogP contribution is -2.20. The third kappa shape index (κ3) is 4.31. The van der Waals surface area contributed by atoms with Crippen molar-refractivity contribution in [3.8, 4) is 5.75 Å². The fourth-order valence-corrected chi connectivity index (χ4v) is 1.59. The van der Waals surface area contributed by atoms with Crippen molar-refractivity contribution in [3.05, 3.63) is 59.9 Å². The maximum atomic E-state index is 12.7. The molecule has 2 amide bonds. The number of anilines is 1. The Kier molecular flexibility index (Phi) is 4.50. The van der Waals surface area contributed by atoms with Gasteiger partial charge in [0.15, 0.2) is 6.61 Å². The van der Waals surface area contributed by atoms with Crippen LogP contribution in [0.2, 0.25) is 0 Å². The molecule has 0 atom stereocenters. The van der Waals surface area contributed by atoms with E-state index in [2.05, 4.69) is 5.32 Å². The topological polar surface area (TPSA) is 81.4 Å². The molecule has 0 aliphatic carbocycles. The molecule has 0 aliphatic heterocycles. The maximum Gasteiger partial charge on any atom is 0.262 e. The van der Waals surface area contributed by atoms with Crippen LogP contribution in [0.15, 0.2) is 48.5 Å². The van der Waals surface area contributed by atoms with Crippen molar-refractivity contribution >= 4 is 17.5 Å². The molecule has 0 aliphatic rings. The summed E-state index contributed by atoms with van der Waals surface area (Å²) in [6.45, 7) is -0.201. The maximum absolute atomic E-state index is 12.7. The van der Waals surface area contributed by atoms with E-state index in [4.69, 9.17) is 10.5 Å². The second kappa shape index (κ2) is 6.51. The number of nitrogens with two attached hydrogens (primary N) is 1. The Labute approximate surface area is 120 Å².